The van der Waals surface area contributed by atoms with Gasteiger partial charge in [0.15, 0.2) is 0 Å². The Morgan fingerprint density at radius 1 is 1.33 bits per heavy atom. The maximum Gasteiger partial charge on any atom is 0.242 e. The van der Waals surface area contributed by atoms with Gasteiger partial charge in [0.25, 0.3) is 0 Å². The Kier molecular flexibility index (Phi) is 5.86. The van der Waals surface area contributed by atoms with Crippen molar-refractivity contribution in [3.63, 3.8) is 0 Å². The number of fused-ring (bicyclic) bond motifs is 1. The molecule has 0 radical (unpaired) electrons. The van der Waals surface area contributed by atoms with E-state index in [1.165, 1.54) is 18.4 Å². The highest BCUT2D eigenvalue weighted by Gasteiger charge is 2.24. The van der Waals surface area contributed by atoms with Crippen LogP contribution in [0, 0.1) is 0 Å². The highest BCUT2D eigenvalue weighted by molar-refractivity contribution is 7.89. The van der Waals surface area contributed by atoms with Crippen LogP contribution in [0.1, 0.15) is 44.9 Å². The molecular formula is C19H28N4O3S. The van der Waals surface area contributed by atoms with Crippen LogP contribution in [0.4, 0.5) is 0 Å². The lowest BCUT2D eigenvalue weighted by molar-refractivity contribution is -0.121. The van der Waals surface area contributed by atoms with Crippen LogP contribution in [0.2, 0.25) is 0 Å². The van der Waals surface area contributed by atoms with E-state index in [4.69, 9.17) is 0 Å². The lowest BCUT2D eigenvalue weighted by Crippen LogP contribution is -2.25. The number of hydrogen-bond acceptors (Lipinski definition) is 4. The molecule has 27 heavy (non-hydrogen) atoms. The molecule has 0 saturated heterocycles. The lowest BCUT2D eigenvalue weighted by atomic mass is 10.2. The minimum atomic E-state index is -3.50. The third-order valence-electron chi connectivity index (χ3n) is 4.83. The van der Waals surface area contributed by atoms with Gasteiger partial charge in [-0.2, -0.15) is 0 Å². The number of carbonyl (C=O) groups is 1. The highest BCUT2D eigenvalue weighted by Crippen LogP contribution is 2.24. The van der Waals surface area contributed by atoms with Crippen LogP contribution in [-0.4, -0.2) is 48.3 Å². The van der Waals surface area contributed by atoms with Crippen LogP contribution in [0.25, 0.3) is 11.0 Å². The lowest BCUT2D eigenvalue weighted by Gasteiger charge is -2.11. The van der Waals surface area contributed by atoms with Crippen molar-refractivity contribution in [2.24, 2.45) is 0 Å². The molecule has 1 saturated carbocycles. The number of amides is 1. The van der Waals surface area contributed by atoms with Crippen molar-refractivity contribution < 1.29 is 13.2 Å². The quantitative estimate of drug-likeness (QED) is 0.710. The van der Waals surface area contributed by atoms with Gasteiger partial charge in [-0.3, -0.25) is 4.79 Å². The molecular weight excluding hydrogens is 364 g/mol. The van der Waals surface area contributed by atoms with Crippen LogP contribution in [0.5, 0.6) is 0 Å². The molecule has 0 unspecified atom stereocenters. The smallest absolute Gasteiger partial charge is 0.242 e. The number of unbranched alkanes of at least 4 members (excludes halogenated alkanes) is 1. The van der Waals surface area contributed by atoms with Crippen molar-refractivity contribution in [3.05, 3.63) is 24.0 Å². The molecule has 0 aliphatic heterocycles. The Balaban J connectivity index is 1.89. The van der Waals surface area contributed by atoms with E-state index in [0.717, 1.165) is 43.6 Å². The molecule has 0 spiro atoms. The summed E-state index contributed by atoms with van der Waals surface area (Å²) in [5.41, 5.74) is 1.57. The molecule has 0 bridgehead atoms. The van der Waals surface area contributed by atoms with Crippen molar-refractivity contribution in [2.45, 2.75) is 62.9 Å². The van der Waals surface area contributed by atoms with E-state index in [1.54, 1.807) is 12.1 Å². The molecule has 1 N–H and O–H groups in total. The van der Waals surface area contributed by atoms with Crippen LogP contribution >= 0.6 is 0 Å². The van der Waals surface area contributed by atoms with Crippen molar-refractivity contribution >= 4 is 27.0 Å². The first-order valence-electron chi connectivity index (χ1n) is 9.54. The van der Waals surface area contributed by atoms with E-state index in [-0.39, 0.29) is 10.8 Å². The summed E-state index contributed by atoms with van der Waals surface area (Å²) in [6, 6.07) is 5.43. The number of aromatic nitrogens is 2. The van der Waals surface area contributed by atoms with Crippen molar-refractivity contribution in [2.75, 3.05) is 14.1 Å². The molecule has 1 aromatic heterocycles. The third kappa shape index (κ3) is 4.50. The van der Waals surface area contributed by atoms with E-state index in [1.807, 2.05) is 6.07 Å². The van der Waals surface area contributed by atoms with Gasteiger partial charge in [-0.25, -0.2) is 17.7 Å². The van der Waals surface area contributed by atoms with E-state index in [2.05, 4.69) is 21.8 Å². The number of imidazole rings is 1. The summed E-state index contributed by atoms with van der Waals surface area (Å²) in [7, 11) is -0.467. The van der Waals surface area contributed by atoms with Gasteiger partial charge >= 0.3 is 0 Å². The molecule has 7 nitrogen and oxygen atoms in total. The zero-order valence-electron chi connectivity index (χ0n) is 16.2. The fraction of sp³-hybridized carbons (Fsp3) is 0.579. The van der Waals surface area contributed by atoms with Gasteiger partial charge < -0.3 is 9.88 Å². The summed E-state index contributed by atoms with van der Waals surface area (Å²) in [6.07, 6.45) is 5.15. The largest absolute Gasteiger partial charge is 0.353 e. The Morgan fingerprint density at radius 2 is 2.07 bits per heavy atom. The van der Waals surface area contributed by atoms with Crippen molar-refractivity contribution in [1.29, 1.82) is 0 Å². The SMILES string of the molecule is CCCCn1c(CCC(=O)NC2CC2)nc2cc(S(=O)(=O)N(C)C)ccc21. The second kappa shape index (κ2) is 7.98. The van der Waals surface area contributed by atoms with E-state index in [9.17, 15) is 13.2 Å². The van der Waals surface area contributed by atoms with Crippen molar-refractivity contribution in [1.82, 2.24) is 19.2 Å². The number of carbonyl (C=O) groups excluding carboxylic acids is 1. The maximum absolute atomic E-state index is 12.4. The number of benzene rings is 1. The van der Waals surface area contributed by atoms with Crippen LogP contribution in [0.15, 0.2) is 23.1 Å². The maximum atomic E-state index is 12.4. The average molecular weight is 393 g/mol. The van der Waals surface area contributed by atoms with Gasteiger partial charge in [-0.15, -0.1) is 0 Å². The predicted molar refractivity (Wildman–Crippen MR) is 105 cm³/mol. The highest BCUT2D eigenvalue weighted by atomic mass is 32.2. The van der Waals surface area contributed by atoms with E-state index >= 15 is 0 Å². The zero-order chi connectivity index (χ0) is 19.6. The molecule has 1 heterocycles. The summed E-state index contributed by atoms with van der Waals surface area (Å²) in [4.78, 5) is 16.9. The minimum Gasteiger partial charge on any atom is -0.353 e. The Labute approximate surface area is 160 Å². The van der Waals surface area contributed by atoms with Gasteiger partial charge in [0.1, 0.15) is 5.82 Å². The molecule has 148 valence electrons. The Bertz CT molecular complexity index is 930. The predicted octanol–water partition coefficient (Wildman–Crippen LogP) is 2.30. The number of aryl methyl sites for hydroxylation is 2. The normalized spacial score (nSPS) is 14.8. The molecule has 3 rings (SSSR count). The molecule has 2 aromatic rings. The summed E-state index contributed by atoms with van der Waals surface area (Å²) in [5, 5.41) is 3.00. The van der Waals surface area contributed by atoms with E-state index in [0.29, 0.717) is 24.4 Å². The summed E-state index contributed by atoms with van der Waals surface area (Å²) in [5.74, 6) is 0.895. The number of nitrogens with zero attached hydrogens (tertiary/aromatic N) is 3. The number of hydrogen-bond donors (Lipinski definition) is 1. The number of nitrogens with one attached hydrogen (secondary N) is 1. The number of rotatable bonds is 9. The van der Waals surface area contributed by atoms with Crippen LogP contribution < -0.4 is 5.32 Å². The molecule has 1 fully saturated rings. The minimum absolute atomic E-state index is 0.0578. The molecule has 0 atom stereocenters. The summed E-state index contributed by atoms with van der Waals surface area (Å²) >= 11 is 0. The summed E-state index contributed by atoms with van der Waals surface area (Å²) < 4.78 is 28.1. The number of sulfonamides is 1. The molecule has 1 amide bonds. The fourth-order valence-electron chi connectivity index (χ4n) is 3.04. The summed E-state index contributed by atoms with van der Waals surface area (Å²) in [6.45, 7) is 2.94. The standard InChI is InChI=1S/C19H28N4O3S/c1-4-5-12-23-17-9-8-15(27(25,26)22(2)3)13-16(17)21-18(23)10-11-19(24)20-14-6-7-14/h8-9,13-14H,4-7,10-12H2,1-3H3,(H,20,24). The van der Waals surface area contributed by atoms with Crippen molar-refractivity contribution in [3.8, 4) is 0 Å². The van der Waals surface area contributed by atoms with Gasteiger partial charge in [0.05, 0.1) is 15.9 Å². The zero-order valence-corrected chi connectivity index (χ0v) is 17.1. The van der Waals surface area contributed by atoms with Gasteiger partial charge in [-0.05, 0) is 37.5 Å². The second-order valence-corrected chi connectivity index (χ2v) is 9.46. The van der Waals surface area contributed by atoms with Crippen LogP contribution in [0.3, 0.4) is 0 Å². The third-order valence-corrected chi connectivity index (χ3v) is 6.64. The van der Waals surface area contributed by atoms with Crippen LogP contribution in [-0.2, 0) is 27.8 Å². The first kappa shape index (κ1) is 19.8. The molecule has 1 aromatic carbocycles. The van der Waals surface area contributed by atoms with Gasteiger partial charge in [0.2, 0.25) is 15.9 Å². The molecule has 1 aliphatic rings. The van der Waals surface area contributed by atoms with Gasteiger partial charge in [0, 0.05) is 39.5 Å². The first-order valence-corrected chi connectivity index (χ1v) is 11.0. The monoisotopic (exact) mass is 392 g/mol. The molecule has 1 aliphatic carbocycles. The second-order valence-electron chi connectivity index (χ2n) is 7.31. The fourth-order valence-corrected chi connectivity index (χ4v) is 3.96. The first-order chi connectivity index (χ1) is 12.8. The molecule has 8 heteroatoms. The van der Waals surface area contributed by atoms with E-state index < -0.39 is 10.0 Å². The Morgan fingerprint density at radius 3 is 2.70 bits per heavy atom. The van der Waals surface area contributed by atoms with Gasteiger partial charge in [-0.1, -0.05) is 13.3 Å². The average Bonchev–Trinajstić information content (AvgIpc) is 3.36. The Hall–Kier alpha value is -1.93. The topological polar surface area (TPSA) is 84.3 Å².